The van der Waals surface area contributed by atoms with Crippen LogP contribution in [-0.4, -0.2) is 12.9 Å². The molecule has 0 aromatic carbocycles. The third kappa shape index (κ3) is 0.738. The van der Waals surface area contributed by atoms with Crippen LogP contribution in [0.3, 0.4) is 0 Å². The van der Waals surface area contributed by atoms with Crippen molar-refractivity contribution in [2.24, 2.45) is 0 Å². The highest BCUT2D eigenvalue weighted by Crippen LogP contribution is 2.72. The van der Waals surface area contributed by atoms with E-state index in [2.05, 4.69) is 0 Å². The van der Waals surface area contributed by atoms with Gasteiger partial charge in [-0.2, -0.15) is 0 Å². The standard InChI is InChI=1S/C4H5BF5/c1-3(5(8,9)10)2-4(3,6)7/h2H2,1H3/q-1. The fraction of sp³-hybridized carbons (Fsp3) is 1.00. The van der Waals surface area contributed by atoms with Crippen LogP contribution in [0.25, 0.3) is 0 Å². The van der Waals surface area contributed by atoms with Crippen LogP contribution in [-0.2, 0) is 0 Å². The van der Waals surface area contributed by atoms with Gasteiger partial charge in [-0.3, -0.25) is 0 Å². The second-order valence-electron chi connectivity index (χ2n) is 2.87. The second-order valence-corrected chi connectivity index (χ2v) is 2.87. The summed E-state index contributed by atoms with van der Waals surface area (Å²) in [6.07, 6.45) is -1.04. The SMILES string of the molecule is CC1([B-](F)(F)F)CC1(F)F. The summed E-state index contributed by atoms with van der Waals surface area (Å²) in [5.41, 5.74) is 0. The Bertz CT molecular complexity index is 162. The normalized spacial score (nSPS) is 37.8. The van der Waals surface area contributed by atoms with Crippen molar-refractivity contribution in [1.82, 2.24) is 0 Å². The van der Waals surface area contributed by atoms with Gasteiger partial charge in [0.05, 0.1) is 0 Å². The highest BCUT2D eigenvalue weighted by Gasteiger charge is 2.75. The molecular formula is C4H5BF5-. The van der Waals surface area contributed by atoms with Gasteiger partial charge in [-0.1, -0.05) is 6.92 Å². The van der Waals surface area contributed by atoms with E-state index in [1.165, 1.54) is 0 Å². The van der Waals surface area contributed by atoms with Gasteiger partial charge in [0.25, 0.3) is 0 Å². The average Bonchev–Trinajstić information content (AvgIpc) is 2.05. The third-order valence-electron chi connectivity index (χ3n) is 2.02. The van der Waals surface area contributed by atoms with E-state index in [1.54, 1.807) is 0 Å². The topological polar surface area (TPSA) is 0 Å². The van der Waals surface area contributed by atoms with Gasteiger partial charge in [0.2, 0.25) is 5.92 Å². The number of alkyl halides is 2. The highest BCUT2D eigenvalue weighted by atomic mass is 19.4. The van der Waals surface area contributed by atoms with E-state index in [4.69, 9.17) is 0 Å². The Balaban J connectivity index is 2.78. The third-order valence-corrected chi connectivity index (χ3v) is 2.02. The van der Waals surface area contributed by atoms with Gasteiger partial charge in [-0.05, 0) is 6.42 Å². The first kappa shape index (κ1) is 7.82. The quantitative estimate of drug-likeness (QED) is 0.407. The van der Waals surface area contributed by atoms with Gasteiger partial charge in [0.15, 0.2) is 0 Å². The monoisotopic (exact) mass is 159 g/mol. The maximum absolute atomic E-state index is 12.0. The molecular weight excluding hydrogens is 154 g/mol. The molecule has 1 aliphatic carbocycles. The summed E-state index contributed by atoms with van der Waals surface area (Å²) in [5, 5.41) is -2.69. The fourth-order valence-electron chi connectivity index (χ4n) is 0.772. The van der Waals surface area contributed by atoms with E-state index in [0.29, 0.717) is 6.92 Å². The molecule has 0 aromatic heterocycles. The highest BCUT2D eigenvalue weighted by molar-refractivity contribution is 6.63. The maximum atomic E-state index is 12.0. The molecule has 1 aliphatic rings. The Kier molecular flexibility index (Phi) is 1.16. The van der Waals surface area contributed by atoms with Crippen LogP contribution < -0.4 is 0 Å². The summed E-state index contributed by atoms with van der Waals surface area (Å²) < 4.78 is 59.1. The number of hydrogen-bond donors (Lipinski definition) is 0. The van der Waals surface area contributed by atoms with Gasteiger partial charge in [0, 0.05) is 5.31 Å². The van der Waals surface area contributed by atoms with E-state index >= 15 is 0 Å². The molecule has 6 heteroatoms. The van der Waals surface area contributed by atoms with Crippen LogP contribution in [0.2, 0.25) is 5.31 Å². The zero-order valence-corrected chi connectivity index (χ0v) is 5.17. The lowest BCUT2D eigenvalue weighted by atomic mass is 9.70. The molecule has 1 unspecified atom stereocenters. The van der Waals surface area contributed by atoms with Crippen molar-refractivity contribution in [2.45, 2.75) is 24.6 Å². The lowest BCUT2D eigenvalue weighted by Crippen LogP contribution is -2.27. The largest absolute Gasteiger partial charge is 0.490 e. The van der Waals surface area contributed by atoms with Crippen LogP contribution in [0.15, 0.2) is 0 Å². The summed E-state index contributed by atoms with van der Waals surface area (Å²) in [6, 6.07) is 0. The minimum atomic E-state index is -5.38. The van der Waals surface area contributed by atoms with E-state index in [0.717, 1.165) is 0 Å². The summed E-state index contributed by atoms with van der Waals surface area (Å²) in [6.45, 7) is -4.82. The second kappa shape index (κ2) is 1.48. The van der Waals surface area contributed by atoms with Crippen LogP contribution in [0.5, 0.6) is 0 Å². The molecule has 0 radical (unpaired) electrons. The zero-order valence-electron chi connectivity index (χ0n) is 5.17. The minimum Gasteiger partial charge on any atom is -0.448 e. The first-order chi connectivity index (χ1) is 4.21. The smallest absolute Gasteiger partial charge is 0.448 e. The summed E-state index contributed by atoms with van der Waals surface area (Å²) in [5.74, 6) is -3.51. The molecule has 60 valence electrons. The van der Waals surface area contributed by atoms with Crippen molar-refractivity contribution < 1.29 is 21.7 Å². The number of rotatable bonds is 1. The van der Waals surface area contributed by atoms with E-state index in [1.807, 2.05) is 0 Å². The molecule has 0 saturated heterocycles. The first-order valence-corrected chi connectivity index (χ1v) is 2.78. The van der Waals surface area contributed by atoms with Gasteiger partial charge in [-0.25, -0.2) is 8.78 Å². The van der Waals surface area contributed by atoms with Crippen molar-refractivity contribution in [3.63, 3.8) is 0 Å². The Morgan fingerprint density at radius 1 is 1.20 bits per heavy atom. The molecule has 0 heterocycles. The molecule has 1 atom stereocenters. The van der Waals surface area contributed by atoms with Crippen LogP contribution in [0, 0.1) is 0 Å². The molecule has 0 aliphatic heterocycles. The summed E-state index contributed by atoms with van der Waals surface area (Å²) >= 11 is 0. The summed E-state index contributed by atoms with van der Waals surface area (Å²) in [7, 11) is 0. The van der Waals surface area contributed by atoms with Crippen molar-refractivity contribution >= 4 is 6.98 Å². The van der Waals surface area contributed by atoms with Crippen molar-refractivity contribution in [1.29, 1.82) is 0 Å². The molecule has 0 amide bonds. The van der Waals surface area contributed by atoms with Crippen molar-refractivity contribution in [2.75, 3.05) is 0 Å². The van der Waals surface area contributed by atoms with Crippen LogP contribution in [0.1, 0.15) is 13.3 Å². The van der Waals surface area contributed by atoms with Crippen LogP contribution >= 0.6 is 0 Å². The fourth-order valence-corrected chi connectivity index (χ4v) is 0.772. The Morgan fingerprint density at radius 3 is 1.50 bits per heavy atom. The molecule has 10 heavy (non-hydrogen) atoms. The molecule has 0 bridgehead atoms. The van der Waals surface area contributed by atoms with E-state index in [9.17, 15) is 21.7 Å². The van der Waals surface area contributed by atoms with Crippen LogP contribution in [0.4, 0.5) is 21.7 Å². The molecule has 1 rings (SSSR count). The Morgan fingerprint density at radius 2 is 1.50 bits per heavy atom. The van der Waals surface area contributed by atoms with Gasteiger partial charge in [-0.15, -0.1) is 0 Å². The van der Waals surface area contributed by atoms with Gasteiger partial charge < -0.3 is 12.9 Å². The van der Waals surface area contributed by atoms with E-state index < -0.39 is 24.6 Å². The first-order valence-electron chi connectivity index (χ1n) is 2.78. The van der Waals surface area contributed by atoms with E-state index in [-0.39, 0.29) is 0 Å². The molecule has 1 saturated carbocycles. The lowest BCUT2D eigenvalue weighted by molar-refractivity contribution is 0.0971. The molecule has 0 N–H and O–H groups in total. The predicted molar refractivity (Wildman–Crippen MR) is 27.0 cm³/mol. The zero-order chi connectivity index (χ0) is 8.21. The maximum Gasteiger partial charge on any atom is 0.490 e. The lowest BCUT2D eigenvalue weighted by Gasteiger charge is -2.21. The molecule has 1 fully saturated rings. The predicted octanol–water partition coefficient (Wildman–Crippen LogP) is 2.63. The van der Waals surface area contributed by atoms with Crippen molar-refractivity contribution in [3.8, 4) is 0 Å². The Labute approximate surface area is 54.5 Å². The minimum absolute atomic E-state index is 0.562. The van der Waals surface area contributed by atoms with Crippen molar-refractivity contribution in [3.05, 3.63) is 0 Å². The molecule has 0 spiro atoms. The average molecular weight is 159 g/mol. The van der Waals surface area contributed by atoms with Gasteiger partial charge in [0.1, 0.15) is 0 Å². The molecule has 0 nitrogen and oxygen atoms in total. The number of halogens is 5. The summed E-state index contributed by atoms with van der Waals surface area (Å²) in [4.78, 5) is 0. The van der Waals surface area contributed by atoms with Gasteiger partial charge >= 0.3 is 6.98 Å². The molecule has 0 aromatic rings. The number of hydrogen-bond acceptors (Lipinski definition) is 0. The Hall–Kier alpha value is -0.285.